The van der Waals surface area contributed by atoms with Gasteiger partial charge in [-0.25, -0.2) is 0 Å². The summed E-state index contributed by atoms with van der Waals surface area (Å²) in [6, 6.07) is 0. The van der Waals surface area contributed by atoms with Crippen LogP contribution in [-0.4, -0.2) is 23.3 Å². The number of hydrogen-bond donors (Lipinski definition) is 4. The maximum Gasteiger partial charge on any atom is 0.300 e. The average molecular weight is 124 g/mol. The lowest BCUT2D eigenvalue weighted by molar-refractivity contribution is -0.134. The third-order valence-corrected chi connectivity index (χ3v) is 0. The van der Waals surface area contributed by atoms with E-state index in [0.717, 1.165) is 14.0 Å². The van der Waals surface area contributed by atoms with Crippen LogP contribution in [0.25, 0.3) is 0 Å². The lowest BCUT2D eigenvalue weighted by atomic mass is 10.9. The zero-order chi connectivity index (χ0) is 7.58. The first-order chi connectivity index (χ1) is 3.73. The van der Waals surface area contributed by atoms with Gasteiger partial charge in [-0.1, -0.05) is 0 Å². The number of carbonyl (C=O) groups is 1. The van der Waals surface area contributed by atoms with Crippen LogP contribution in [0, 0.1) is 0 Å². The molecule has 0 radical (unpaired) electrons. The first kappa shape index (κ1) is 15.7. The molecule has 0 rings (SSSR count). The van der Waals surface area contributed by atoms with Crippen molar-refractivity contribution in [2.24, 2.45) is 11.7 Å². The summed E-state index contributed by atoms with van der Waals surface area (Å²) in [7, 11) is 1.00. The SMILES string of the molecule is CC(=O)O.CO.NN. The van der Waals surface area contributed by atoms with Gasteiger partial charge < -0.3 is 10.2 Å². The fraction of sp³-hybridized carbons (Fsp3) is 0.667. The highest BCUT2D eigenvalue weighted by Gasteiger charge is 1.65. The minimum absolute atomic E-state index is 0.833. The second-order valence-electron chi connectivity index (χ2n) is 0.519. The number of aliphatic carboxylic acids is 1. The van der Waals surface area contributed by atoms with Crippen LogP contribution in [-0.2, 0) is 4.79 Å². The number of hydrogen-bond acceptors (Lipinski definition) is 4. The Kier molecular flexibility index (Phi) is 64.4. The molecule has 0 aromatic heterocycles. The van der Waals surface area contributed by atoms with Crippen molar-refractivity contribution < 1.29 is 15.0 Å². The van der Waals surface area contributed by atoms with Crippen LogP contribution in [0.1, 0.15) is 6.92 Å². The molecule has 52 valence electrons. The first-order valence-corrected chi connectivity index (χ1v) is 1.71. The Labute approximate surface area is 47.9 Å². The molecule has 0 amide bonds. The molecule has 5 heteroatoms. The highest BCUT2D eigenvalue weighted by atomic mass is 16.4. The Morgan fingerprint density at radius 3 is 1.38 bits per heavy atom. The number of aliphatic hydroxyl groups excluding tert-OH is 1. The van der Waals surface area contributed by atoms with Gasteiger partial charge >= 0.3 is 0 Å². The van der Waals surface area contributed by atoms with Crippen LogP contribution in [0.3, 0.4) is 0 Å². The van der Waals surface area contributed by atoms with Gasteiger partial charge in [0.15, 0.2) is 0 Å². The largest absolute Gasteiger partial charge is 0.481 e. The van der Waals surface area contributed by atoms with Crippen LogP contribution >= 0.6 is 0 Å². The summed E-state index contributed by atoms with van der Waals surface area (Å²) in [6.45, 7) is 1.08. The Hall–Kier alpha value is -0.650. The van der Waals surface area contributed by atoms with E-state index < -0.39 is 5.97 Å². The maximum atomic E-state index is 9.00. The van der Waals surface area contributed by atoms with Crippen molar-refractivity contribution in [1.29, 1.82) is 0 Å². The number of nitrogens with two attached hydrogens (primary N) is 2. The molecule has 0 spiro atoms. The van der Waals surface area contributed by atoms with E-state index in [1.54, 1.807) is 0 Å². The van der Waals surface area contributed by atoms with Crippen molar-refractivity contribution >= 4 is 5.97 Å². The molecular formula is C3H12N2O3. The zero-order valence-corrected chi connectivity index (χ0v) is 4.96. The predicted octanol–water partition coefficient (Wildman–Crippen LogP) is -1.48. The molecule has 5 nitrogen and oxygen atoms in total. The van der Waals surface area contributed by atoms with Gasteiger partial charge in [0.05, 0.1) is 0 Å². The van der Waals surface area contributed by atoms with E-state index in [9.17, 15) is 0 Å². The summed E-state index contributed by atoms with van der Waals surface area (Å²) in [4.78, 5) is 9.00. The summed E-state index contributed by atoms with van der Waals surface area (Å²) in [5.41, 5.74) is 0. The molecule has 0 heterocycles. The van der Waals surface area contributed by atoms with Gasteiger partial charge in [-0.3, -0.25) is 16.5 Å². The quantitative estimate of drug-likeness (QED) is 0.232. The van der Waals surface area contributed by atoms with Gasteiger partial charge in [0.25, 0.3) is 5.97 Å². The van der Waals surface area contributed by atoms with E-state index >= 15 is 0 Å². The first-order valence-electron chi connectivity index (χ1n) is 1.71. The summed E-state index contributed by atoms with van der Waals surface area (Å²) in [6.07, 6.45) is 0. The van der Waals surface area contributed by atoms with Crippen molar-refractivity contribution in [2.45, 2.75) is 6.92 Å². The van der Waals surface area contributed by atoms with Gasteiger partial charge in [-0.15, -0.1) is 0 Å². The molecule has 0 bridgehead atoms. The van der Waals surface area contributed by atoms with Crippen molar-refractivity contribution in [2.75, 3.05) is 7.11 Å². The molecule has 0 aromatic carbocycles. The van der Waals surface area contributed by atoms with Gasteiger partial charge in [-0.05, 0) is 0 Å². The topological polar surface area (TPSA) is 110 Å². The molecule has 0 atom stereocenters. The molecule has 0 unspecified atom stereocenters. The summed E-state index contributed by atoms with van der Waals surface area (Å²) in [5, 5.41) is 14.4. The van der Waals surface area contributed by atoms with Gasteiger partial charge in [-0.2, -0.15) is 0 Å². The lowest BCUT2D eigenvalue weighted by Crippen LogP contribution is -2.02. The second kappa shape index (κ2) is 32.9. The standard InChI is InChI=1S/C2H4O2.CH4O.H4N2/c1-2(3)4;2*1-2/h1H3,(H,3,4);2H,1H3;1-2H2. The smallest absolute Gasteiger partial charge is 0.300 e. The maximum absolute atomic E-state index is 9.00. The Balaban J connectivity index is -0.0000000542. The number of hydrazine groups is 1. The van der Waals surface area contributed by atoms with Crippen LogP contribution < -0.4 is 11.7 Å². The zero-order valence-electron chi connectivity index (χ0n) is 4.96. The highest BCUT2D eigenvalue weighted by molar-refractivity contribution is 5.62. The summed E-state index contributed by atoms with van der Waals surface area (Å²) in [5.74, 6) is 7.17. The third-order valence-electron chi connectivity index (χ3n) is 0. The van der Waals surface area contributed by atoms with Crippen molar-refractivity contribution in [1.82, 2.24) is 0 Å². The minimum Gasteiger partial charge on any atom is -0.481 e. The molecule has 8 heavy (non-hydrogen) atoms. The number of carboxylic acids is 1. The lowest BCUT2D eigenvalue weighted by Gasteiger charge is -1.59. The monoisotopic (exact) mass is 124 g/mol. The van der Waals surface area contributed by atoms with Crippen molar-refractivity contribution in [3.8, 4) is 0 Å². The molecular weight excluding hydrogens is 112 g/mol. The Morgan fingerprint density at radius 2 is 1.38 bits per heavy atom. The van der Waals surface area contributed by atoms with Crippen LogP contribution in [0.4, 0.5) is 0 Å². The molecule has 6 N–H and O–H groups in total. The molecule has 0 aromatic rings. The number of rotatable bonds is 0. The number of aliphatic hydroxyl groups is 1. The second-order valence-corrected chi connectivity index (χ2v) is 0.519. The van der Waals surface area contributed by atoms with Crippen LogP contribution in [0.2, 0.25) is 0 Å². The molecule has 0 aliphatic carbocycles. The van der Waals surface area contributed by atoms with Crippen LogP contribution in [0.15, 0.2) is 0 Å². The van der Waals surface area contributed by atoms with Crippen LogP contribution in [0.5, 0.6) is 0 Å². The Morgan fingerprint density at radius 1 is 1.38 bits per heavy atom. The van der Waals surface area contributed by atoms with Crippen molar-refractivity contribution in [3.63, 3.8) is 0 Å². The number of carboxylic acid groups (broad SMARTS) is 1. The summed E-state index contributed by atoms with van der Waals surface area (Å²) >= 11 is 0. The predicted molar refractivity (Wildman–Crippen MR) is 29.8 cm³/mol. The van der Waals surface area contributed by atoms with Gasteiger partial charge in [0.1, 0.15) is 0 Å². The van der Waals surface area contributed by atoms with Gasteiger partial charge in [0, 0.05) is 14.0 Å². The average Bonchev–Trinajstić information content (AvgIpc) is 1.75. The van der Waals surface area contributed by atoms with E-state index in [-0.39, 0.29) is 0 Å². The van der Waals surface area contributed by atoms with E-state index in [2.05, 4.69) is 11.7 Å². The fourth-order valence-electron chi connectivity index (χ4n) is 0. The molecule has 0 aliphatic heterocycles. The molecule has 0 saturated heterocycles. The highest BCUT2D eigenvalue weighted by Crippen LogP contribution is 1.42. The van der Waals surface area contributed by atoms with E-state index in [0.29, 0.717) is 0 Å². The minimum atomic E-state index is -0.833. The molecule has 0 fully saturated rings. The third kappa shape index (κ3) is 240. The Bertz CT molecular complexity index is 35.5. The van der Waals surface area contributed by atoms with E-state index in [1.807, 2.05) is 0 Å². The van der Waals surface area contributed by atoms with Crippen molar-refractivity contribution in [3.05, 3.63) is 0 Å². The molecule has 0 saturated carbocycles. The molecule has 0 aliphatic rings. The normalized spacial score (nSPS) is 4.62. The van der Waals surface area contributed by atoms with E-state index in [1.165, 1.54) is 0 Å². The van der Waals surface area contributed by atoms with Gasteiger partial charge in [0.2, 0.25) is 0 Å². The summed E-state index contributed by atoms with van der Waals surface area (Å²) < 4.78 is 0. The fourth-order valence-corrected chi connectivity index (χ4v) is 0. The van der Waals surface area contributed by atoms with E-state index in [4.69, 9.17) is 15.0 Å².